The van der Waals surface area contributed by atoms with E-state index >= 15 is 0 Å². The fourth-order valence-electron chi connectivity index (χ4n) is 1.28. The molecule has 0 aliphatic heterocycles. The van der Waals surface area contributed by atoms with E-state index in [1.807, 2.05) is 25.1 Å². The minimum absolute atomic E-state index is 0.235. The van der Waals surface area contributed by atoms with Crippen molar-refractivity contribution in [3.05, 3.63) is 28.2 Å². The van der Waals surface area contributed by atoms with E-state index in [0.717, 1.165) is 15.8 Å². The molecule has 1 unspecified atom stereocenters. The number of aliphatic hydroxyl groups is 1. The second kappa shape index (κ2) is 7.33. The fraction of sp³-hybridized carbons (Fsp3) is 0.385. The maximum absolute atomic E-state index is 9.61. The summed E-state index contributed by atoms with van der Waals surface area (Å²) in [6.45, 7) is 3.12. The maximum atomic E-state index is 9.61. The van der Waals surface area contributed by atoms with Gasteiger partial charge in [0.2, 0.25) is 0 Å². The maximum Gasteiger partial charge on any atom is 0.133 e. The van der Waals surface area contributed by atoms with Crippen LogP contribution in [0.1, 0.15) is 5.56 Å². The van der Waals surface area contributed by atoms with Crippen molar-refractivity contribution in [3.8, 4) is 18.1 Å². The van der Waals surface area contributed by atoms with Crippen molar-refractivity contribution in [3.63, 3.8) is 0 Å². The molecule has 92 valence electrons. The number of hydrogen-bond donors (Lipinski definition) is 2. The van der Waals surface area contributed by atoms with Gasteiger partial charge in [0.05, 0.1) is 11.0 Å². The van der Waals surface area contributed by atoms with E-state index in [9.17, 15) is 5.11 Å². The second-order valence-corrected chi connectivity index (χ2v) is 4.59. The lowest BCUT2D eigenvalue weighted by Gasteiger charge is -2.13. The summed E-state index contributed by atoms with van der Waals surface area (Å²) >= 11 is 3.41. The second-order valence-electron chi connectivity index (χ2n) is 3.73. The third-order valence-corrected chi connectivity index (χ3v) is 2.75. The van der Waals surface area contributed by atoms with Crippen LogP contribution in [0.2, 0.25) is 0 Å². The zero-order valence-electron chi connectivity index (χ0n) is 9.74. The Morgan fingerprint density at radius 2 is 2.35 bits per heavy atom. The van der Waals surface area contributed by atoms with E-state index < -0.39 is 6.10 Å². The summed E-state index contributed by atoms with van der Waals surface area (Å²) in [7, 11) is 0. The van der Waals surface area contributed by atoms with Gasteiger partial charge in [-0.2, -0.15) is 0 Å². The van der Waals surface area contributed by atoms with Gasteiger partial charge in [-0.15, -0.1) is 6.42 Å². The van der Waals surface area contributed by atoms with E-state index in [1.54, 1.807) is 0 Å². The summed E-state index contributed by atoms with van der Waals surface area (Å²) in [5.74, 6) is 3.17. The standard InChI is InChI=1S/C13H16BrNO2/c1-3-6-15-8-11(16)9-17-13-5-4-10(2)7-12(13)14/h1,4-5,7,11,15-16H,6,8-9H2,2H3. The van der Waals surface area contributed by atoms with Gasteiger partial charge in [0.25, 0.3) is 0 Å². The topological polar surface area (TPSA) is 41.5 Å². The van der Waals surface area contributed by atoms with Gasteiger partial charge in [-0.05, 0) is 40.5 Å². The first-order valence-corrected chi connectivity index (χ1v) is 6.14. The molecule has 0 aliphatic rings. The number of nitrogens with one attached hydrogen (secondary N) is 1. The minimum atomic E-state index is -0.573. The van der Waals surface area contributed by atoms with Crippen LogP contribution in [-0.2, 0) is 0 Å². The Morgan fingerprint density at radius 1 is 1.59 bits per heavy atom. The van der Waals surface area contributed by atoms with E-state index in [1.165, 1.54) is 0 Å². The van der Waals surface area contributed by atoms with Crippen molar-refractivity contribution in [2.75, 3.05) is 19.7 Å². The smallest absolute Gasteiger partial charge is 0.133 e. The lowest BCUT2D eigenvalue weighted by Crippen LogP contribution is -2.31. The van der Waals surface area contributed by atoms with Crippen molar-refractivity contribution in [1.82, 2.24) is 5.32 Å². The van der Waals surface area contributed by atoms with Crippen LogP contribution < -0.4 is 10.1 Å². The van der Waals surface area contributed by atoms with Crippen LogP contribution in [0.15, 0.2) is 22.7 Å². The van der Waals surface area contributed by atoms with Crippen LogP contribution in [0.25, 0.3) is 0 Å². The molecule has 0 fully saturated rings. The van der Waals surface area contributed by atoms with Crippen molar-refractivity contribution in [2.24, 2.45) is 0 Å². The van der Waals surface area contributed by atoms with E-state index in [2.05, 4.69) is 27.2 Å². The Balaban J connectivity index is 2.37. The summed E-state index contributed by atoms with van der Waals surface area (Å²) in [5, 5.41) is 12.5. The molecule has 0 saturated heterocycles. The molecule has 0 spiro atoms. The van der Waals surface area contributed by atoms with Gasteiger partial charge in [0, 0.05) is 6.54 Å². The number of rotatable bonds is 6. The minimum Gasteiger partial charge on any atom is -0.490 e. The van der Waals surface area contributed by atoms with Crippen LogP contribution >= 0.6 is 15.9 Å². The molecule has 0 aliphatic carbocycles. The van der Waals surface area contributed by atoms with E-state index in [-0.39, 0.29) is 6.61 Å². The first-order chi connectivity index (χ1) is 8.13. The molecule has 1 rings (SSSR count). The number of benzene rings is 1. The van der Waals surface area contributed by atoms with Crippen LogP contribution in [-0.4, -0.2) is 30.9 Å². The Labute approximate surface area is 110 Å². The van der Waals surface area contributed by atoms with Crippen molar-refractivity contribution in [2.45, 2.75) is 13.0 Å². The Hall–Kier alpha value is -1.02. The highest BCUT2D eigenvalue weighted by atomic mass is 79.9. The average molecular weight is 298 g/mol. The number of halogens is 1. The van der Waals surface area contributed by atoms with Crippen molar-refractivity contribution >= 4 is 15.9 Å². The zero-order chi connectivity index (χ0) is 12.7. The largest absolute Gasteiger partial charge is 0.490 e. The number of aryl methyl sites for hydroxylation is 1. The van der Waals surface area contributed by atoms with Gasteiger partial charge in [-0.3, -0.25) is 0 Å². The molecule has 3 nitrogen and oxygen atoms in total. The summed E-state index contributed by atoms with van der Waals surface area (Å²) in [4.78, 5) is 0. The third kappa shape index (κ3) is 5.22. The first kappa shape index (κ1) is 14.0. The lowest BCUT2D eigenvalue weighted by molar-refractivity contribution is 0.107. The van der Waals surface area contributed by atoms with Gasteiger partial charge in [-0.1, -0.05) is 12.0 Å². The SMILES string of the molecule is C#CCNCC(O)COc1ccc(C)cc1Br. The molecule has 1 aromatic carbocycles. The van der Waals surface area contributed by atoms with Gasteiger partial charge in [0.15, 0.2) is 0 Å². The predicted octanol–water partition coefficient (Wildman–Crippen LogP) is 1.72. The molecule has 17 heavy (non-hydrogen) atoms. The van der Waals surface area contributed by atoms with Gasteiger partial charge in [-0.25, -0.2) is 0 Å². The number of hydrogen-bond acceptors (Lipinski definition) is 3. The van der Waals surface area contributed by atoms with Crippen LogP contribution in [0.3, 0.4) is 0 Å². The monoisotopic (exact) mass is 297 g/mol. The molecule has 2 N–H and O–H groups in total. The Bertz CT molecular complexity index is 401. The molecule has 0 aromatic heterocycles. The molecule has 0 bridgehead atoms. The van der Waals surface area contributed by atoms with Crippen molar-refractivity contribution in [1.29, 1.82) is 0 Å². The molecule has 0 saturated carbocycles. The zero-order valence-corrected chi connectivity index (χ0v) is 11.3. The van der Waals surface area contributed by atoms with Crippen LogP contribution in [0, 0.1) is 19.3 Å². The summed E-state index contributed by atoms with van der Waals surface area (Å²) in [5.41, 5.74) is 1.15. The van der Waals surface area contributed by atoms with E-state index in [4.69, 9.17) is 11.2 Å². The molecular weight excluding hydrogens is 282 g/mol. The highest BCUT2D eigenvalue weighted by Crippen LogP contribution is 2.25. The number of aliphatic hydroxyl groups excluding tert-OH is 1. The highest BCUT2D eigenvalue weighted by Gasteiger charge is 2.06. The molecule has 1 atom stereocenters. The third-order valence-electron chi connectivity index (χ3n) is 2.13. The molecular formula is C13H16BrNO2. The van der Waals surface area contributed by atoms with Gasteiger partial charge in [0.1, 0.15) is 18.5 Å². The quantitative estimate of drug-likeness (QED) is 0.621. The number of terminal acetylenes is 1. The average Bonchev–Trinajstić information content (AvgIpc) is 2.28. The molecule has 4 heteroatoms. The molecule has 0 heterocycles. The summed E-state index contributed by atoms with van der Waals surface area (Å²) in [6, 6.07) is 5.81. The van der Waals surface area contributed by atoms with E-state index in [0.29, 0.717) is 13.1 Å². The fourth-order valence-corrected chi connectivity index (χ4v) is 1.89. The van der Waals surface area contributed by atoms with Gasteiger partial charge >= 0.3 is 0 Å². The Kier molecular flexibility index (Phi) is 6.06. The lowest BCUT2D eigenvalue weighted by atomic mass is 10.2. The molecule has 0 radical (unpaired) electrons. The highest BCUT2D eigenvalue weighted by molar-refractivity contribution is 9.10. The normalized spacial score (nSPS) is 11.9. The van der Waals surface area contributed by atoms with Crippen LogP contribution in [0.4, 0.5) is 0 Å². The molecule has 1 aromatic rings. The number of ether oxygens (including phenoxy) is 1. The molecule has 0 amide bonds. The summed E-state index contributed by atoms with van der Waals surface area (Å²) in [6.07, 6.45) is 4.51. The first-order valence-electron chi connectivity index (χ1n) is 5.34. The summed E-state index contributed by atoms with van der Waals surface area (Å²) < 4.78 is 6.39. The van der Waals surface area contributed by atoms with Crippen molar-refractivity contribution < 1.29 is 9.84 Å². The van der Waals surface area contributed by atoms with Gasteiger partial charge < -0.3 is 15.2 Å². The van der Waals surface area contributed by atoms with Crippen LogP contribution in [0.5, 0.6) is 5.75 Å². The Morgan fingerprint density at radius 3 is 3.00 bits per heavy atom. The predicted molar refractivity (Wildman–Crippen MR) is 72.1 cm³/mol.